The molecule has 2 aromatic carbocycles. The van der Waals surface area contributed by atoms with Gasteiger partial charge in [0.25, 0.3) is 5.91 Å². The standard InChI is InChI=1S/C27H26N4O3/c1-19-11-12-20(2)23(14-19)25-15-24(30-34-25)27(33)31(17-21-8-4-3-5-9-21)18-26(32)29-16-22-10-6-7-13-28-22/h3-15H,16-18H2,1-2H3,(H,29,32). The lowest BCUT2D eigenvalue weighted by Gasteiger charge is -2.21. The number of benzene rings is 2. The number of aryl methyl sites for hydroxylation is 2. The number of amides is 2. The van der Waals surface area contributed by atoms with Gasteiger partial charge in [-0.15, -0.1) is 0 Å². The Morgan fingerprint density at radius 1 is 0.971 bits per heavy atom. The summed E-state index contributed by atoms with van der Waals surface area (Å²) in [5.41, 5.74) is 4.80. The average molecular weight is 455 g/mol. The zero-order valence-electron chi connectivity index (χ0n) is 19.2. The molecule has 0 saturated carbocycles. The molecule has 1 N–H and O–H groups in total. The molecule has 0 atom stereocenters. The first-order chi connectivity index (χ1) is 16.5. The van der Waals surface area contributed by atoms with Gasteiger partial charge in [0.05, 0.1) is 12.2 Å². The van der Waals surface area contributed by atoms with Crippen LogP contribution in [-0.4, -0.2) is 33.4 Å². The summed E-state index contributed by atoms with van der Waals surface area (Å²) in [6, 6.07) is 22.7. The van der Waals surface area contributed by atoms with E-state index < -0.39 is 0 Å². The molecule has 0 radical (unpaired) electrons. The number of nitrogens with one attached hydrogen (secondary N) is 1. The first-order valence-corrected chi connectivity index (χ1v) is 11.0. The highest BCUT2D eigenvalue weighted by Gasteiger charge is 2.23. The fourth-order valence-corrected chi connectivity index (χ4v) is 3.59. The molecule has 4 rings (SSSR count). The number of hydrogen-bond acceptors (Lipinski definition) is 5. The Balaban J connectivity index is 1.52. The minimum absolute atomic E-state index is 0.119. The SMILES string of the molecule is Cc1ccc(C)c(-c2cc(C(=O)N(CC(=O)NCc3ccccn3)Cc3ccccc3)no2)c1. The number of carbonyl (C=O) groups is 2. The number of hydrogen-bond donors (Lipinski definition) is 1. The van der Waals surface area contributed by atoms with Gasteiger partial charge in [-0.3, -0.25) is 14.6 Å². The molecule has 0 aliphatic carbocycles. The van der Waals surface area contributed by atoms with Gasteiger partial charge in [-0.05, 0) is 43.2 Å². The van der Waals surface area contributed by atoms with Crippen LogP contribution in [0.25, 0.3) is 11.3 Å². The lowest BCUT2D eigenvalue weighted by molar-refractivity contribution is -0.122. The van der Waals surface area contributed by atoms with Gasteiger partial charge in [-0.1, -0.05) is 59.3 Å². The van der Waals surface area contributed by atoms with Crippen molar-refractivity contribution in [1.29, 1.82) is 0 Å². The molecular formula is C27H26N4O3. The molecule has 2 amide bonds. The predicted octanol–water partition coefficient (Wildman–Crippen LogP) is 4.31. The lowest BCUT2D eigenvalue weighted by Crippen LogP contribution is -2.40. The normalized spacial score (nSPS) is 10.6. The summed E-state index contributed by atoms with van der Waals surface area (Å²) < 4.78 is 5.51. The van der Waals surface area contributed by atoms with Crippen LogP contribution in [0.4, 0.5) is 0 Å². The molecule has 2 heterocycles. The topological polar surface area (TPSA) is 88.3 Å². The van der Waals surface area contributed by atoms with E-state index in [9.17, 15) is 9.59 Å². The molecular weight excluding hydrogens is 428 g/mol. The van der Waals surface area contributed by atoms with E-state index in [0.29, 0.717) is 5.76 Å². The number of aromatic nitrogens is 2. The molecule has 4 aromatic rings. The molecule has 34 heavy (non-hydrogen) atoms. The Hall–Kier alpha value is -4.26. The quantitative estimate of drug-likeness (QED) is 0.429. The van der Waals surface area contributed by atoms with Crippen LogP contribution in [0.15, 0.2) is 83.5 Å². The van der Waals surface area contributed by atoms with E-state index in [1.165, 1.54) is 4.90 Å². The van der Waals surface area contributed by atoms with E-state index in [-0.39, 0.29) is 37.1 Å². The summed E-state index contributed by atoms with van der Waals surface area (Å²) in [4.78, 5) is 31.7. The van der Waals surface area contributed by atoms with Crippen molar-refractivity contribution >= 4 is 11.8 Å². The first-order valence-electron chi connectivity index (χ1n) is 11.0. The van der Waals surface area contributed by atoms with Crippen molar-refractivity contribution in [2.45, 2.75) is 26.9 Å². The van der Waals surface area contributed by atoms with Crippen molar-refractivity contribution < 1.29 is 14.1 Å². The molecule has 172 valence electrons. The van der Waals surface area contributed by atoms with E-state index >= 15 is 0 Å². The van der Waals surface area contributed by atoms with Crippen LogP contribution < -0.4 is 5.32 Å². The summed E-state index contributed by atoms with van der Waals surface area (Å²) in [6.45, 7) is 4.41. The predicted molar refractivity (Wildman–Crippen MR) is 129 cm³/mol. The monoisotopic (exact) mass is 454 g/mol. The fraction of sp³-hybridized carbons (Fsp3) is 0.185. The summed E-state index contributed by atoms with van der Waals surface area (Å²) in [6.07, 6.45) is 1.67. The van der Waals surface area contributed by atoms with Gasteiger partial charge in [-0.25, -0.2) is 0 Å². The summed E-state index contributed by atoms with van der Waals surface area (Å²) >= 11 is 0. The first kappa shape index (κ1) is 22.9. The summed E-state index contributed by atoms with van der Waals surface area (Å²) in [5, 5.41) is 6.85. The maximum Gasteiger partial charge on any atom is 0.276 e. The molecule has 0 spiro atoms. The third kappa shape index (κ3) is 5.75. The maximum atomic E-state index is 13.4. The molecule has 7 heteroatoms. The number of nitrogens with zero attached hydrogens (tertiary/aromatic N) is 3. The molecule has 0 saturated heterocycles. The van der Waals surface area contributed by atoms with Crippen LogP contribution in [0.2, 0.25) is 0 Å². The summed E-state index contributed by atoms with van der Waals surface area (Å²) in [7, 11) is 0. The second-order valence-corrected chi connectivity index (χ2v) is 8.14. The van der Waals surface area contributed by atoms with Gasteiger partial charge >= 0.3 is 0 Å². The molecule has 7 nitrogen and oxygen atoms in total. The van der Waals surface area contributed by atoms with Crippen LogP contribution in [0.5, 0.6) is 0 Å². The van der Waals surface area contributed by atoms with Crippen molar-refractivity contribution in [3.63, 3.8) is 0 Å². The number of pyridine rings is 1. The number of rotatable bonds is 8. The Kier molecular flexibility index (Phi) is 7.13. The zero-order valence-corrected chi connectivity index (χ0v) is 19.2. The average Bonchev–Trinajstić information content (AvgIpc) is 3.35. The third-order valence-electron chi connectivity index (χ3n) is 5.42. The van der Waals surface area contributed by atoms with Crippen LogP contribution in [0, 0.1) is 13.8 Å². The molecule has 0 aliphatic rings. The smallest absolute Gasteiger partial charge is 0.276 e. The van der Waals surface area contributed by atoms with E-state index in [1.807, 2.05) is 80.6 Å². The van der Waals surface area contributed by atoms with Crippen molar-refractivity contribution in [1.82, 2.24) is 20.4 Å². The van der Waals surface area contributed by atoms with Crippen LogP contribution >= 0.6 is 0 Å². The Morgan fingerprint density at radius 3 is 2.53 bits per heavy atom. The zero-order chi connectivity index (χ0) is 23.9. The van der Waals surface area contributed by atoms with Gasteiger partial charge in [0.2, 0.25) is 5.91 Å². The maximum absolute atomic E-state index is 13.4. The number of carbonyl (C=O) groups excluding carboxylic acids is 2. The summed E-state index contributed by atoms with van der Waals surface area (Å²) in [5.74, 6) is -0.144. The van der Waals surface area contributed by atoms with E-state index in [4.69, 9.17) is 4.52 Å². The van der Waals surface area contributed by atoms with Gasteiger partial charge in [0, 0.05) is 24.4 Å². The Morgan fingerprint density at radius 2 is 1.76 bits per heavy atom. The lowest BCUT2D eigenvalue weighted by atomic mass is 10.0. The highest BCUT2D eigenvalue weighted by Crippen LogP contribution is 2.26. The Labute approximate surface area is 198 Å². The van der Waals surface area contributed by atoms with Crippen molar-refractivity contribution in [3.8, 4) is 11.3 Å². The highest BCUT2D eigenvalue weighted by molar-refractivity contribution is 5.95. The van der Waals surface area contributed by atoms with Crippen LogP contribution in [0.1, 0.15) is 32.9 Å². The third-order valence-corrected chi connectivity index (χ3v) is 5.42. The minimum Gasteiger partial charge on any atom is -0.355 e. The van der Waals surface area contributed by atoms with E-state index in [1.54, 1.807) is 12.3 Å². The van der Waals surface area contributed by atoms with E-state index in [0.717, 1.165) is 27.9 Å². The largest absolute Gasteiger partial charge is 0.355 e. The highest BCUT2D eigenvalue weighted by atomic mass is 16.5. The second-order valence-electron chi connectivity index (χ2n) is 8.14. The second kappa shape index (κ2) is 10.6. The molecule has 0 fully saturated rings. The van der Waals surface area contributed by atoms with Crippen molar-refractivity contribution in [3.05, 3.63) is 107 Å². The fourth-order valence-electron chi connectivity index (χ4n) is 3.59. The molecule has 0 unspecified atom stereocenters. The van der Waals surface area contributed by atoms with Gasteiger partial charge < -0.3 is 14.7 Å². The molecule has 0 aliphatic heterocycles. The Bertz CT molecular complexity index is 1270. The molecule has 2 aromatic heterocycles. The van der Waals surface area contributed by atoms with Crippen molar-refractivity contribution in [2.75, 3.05) is 6.54 Å². The van der Waals surface area contributed by atoms with Gasteiger partial charge in [-0.2, -0.15) is 0 Å². The van der Waals surface area contributed by atoms with Gasteiger partial charge in [0.15, 0.2) is 11.5 Å². The minimum atomic E-state index is -0.378. The van der Waals surface area contributed by atoms with Crippen molar-refractivity contribution in [2.24, 2.45) is 0 Å². The van der Waals surface area contributed by atoms with Gasteiger partial charge in [0.1, 0.15) is 6.54 Å². The van der Waals surface area contributed by atoms with Crippen LogP contribution in [-0.2, 0) is 17.9 Å². The molecule has 0 bridgehead atoms. The van der Waals surface area contributed by atoms with Crippen LogP contribution in [0.3, 0.4) is 0 Å². The van der Waals surface area contributed by atoms with E-state index in [2.05, 4.69) is 15.5 Å².